The lowest BCUT2D eigenvalue weighted by Crippen LogP contribution is -2.38. The van der Waals surface area contributed by atoms with Gasteiger partial charge in [0.2, 0.25) is 5.91 Å². The predicted octanol–water partition coefficient (Wildman–Crippen LogP) is 2.52. The molecule has 0 aliphatic carbocycles. The topological polar surface area (TPSA) is 55.8 Å². The summed E-state index contributed by atoms with van der Waals surface area (Å²) in [6, 6.07) is 5.18. The number of anilines is 1. The van der Waals surface area contributed by atoms with Crippen LogP contribution in [0, 0.1) is 0 Å². The molecule has 1 heterocycles. The largest absolute Gasteiger partial charge is 0.497 e. The zero-order chi connectivity index (χ0) is 14.2. The van der Waals surface area contributed by atoms with E-state index in [4.69, 9.17) is 9.47 Å². The summed E-state index contributed by atoms with van der Waals surface area (Å²) >= 11 is 0. The van der Waals surface area contributed by atoms with Crippen LogP contribution in [-0.4, -0.2) is 24.7 Å². The monoisotopic (exact) mass is 263 g/mol. The number of ether oxygens (including phenoxy) is 2. The first-order valence-electron chi connectivity index (χ1n) is 6.04. The summed E-state index contributed by atoms with van der Waals surface area (Å²) in [6.45, 7) is 5.29. The van der Waals surface area contributed by atoms with Gasteiger partial charge < -0.3 is 9.47 Å². The van der Waals surface area contributed by atoms with Crippen molar-refractivity contribution in [1.82, 2.24) is 0 Å². The van der Waals surface area contributed by atoms with Crippen molar-refractivity contribution in [3.05, 3.63) is 23.8 Å². The zero-order valence-corrected chi connectivity index (χ0v) is 11.5. The highest BCUT2D eigenvalue weighted by atomic mass is 16.6. The second kappa shape index (κ2) is 4.57. The van der Waals surface area contributed by atoms with Gasteiger partial charge in [-0.2, -0.15) is 0 Å². The quantitative estimate of drug-likeness (QED) is 0.781. The lowest BCUT2D eigenvalue weighted by molar-refractivity contribution is -0.117. The summed E-state index contributed by atoms with van der Waals surface area (Å²) in [6.07, 6.45) is -0.451. The van der Waals surface area contributed by atoms with E-state index >= 15 is 0 Å². The predicted molar refractivity (Wildman–Crippen MR) is 70.4 cm³/mol. The molecule has 0 radical (unpaired) electrons. The average Bonchev–Trinajstić information content (AvgIpc) is 2.61. The molecular weight excluding hydrogens is 246 g/mol. The summed E-state index contributed by atoms with van der Waals surface area (Å²) in [5, 5.41) is 0. The van der Waals surface area contributed by atoms with Gasteiger partial charge in [0.05, 0.1) is 19.2 Å². The van der Waals surface area contributed by atoms with Crippen molar-refractivity contribution < 1.29 is 19.1 Å². The van der Waals surface area contributed by atoms with E-state index in [1.165, 1.54) is 0 Å². The van der Waals surface area contributed by atoms with Gasteiger partial charge in [0.15, 0.2) is 0 Å². The first kappa shape index (κ1) is 13.4. The van der Waals surface area contributed by atoms with Crippen LogP contribution in [0.5, 0.6) is 5.75 Å². The smallest absolute Gasteiger partial charge is 0.421 e. The van der Waals surface area contributed by atoms with Crippen LogP contribution in [0.1, 0.15) is 26.3 Å². The minimum absolute atomic E-state index is 0.186. The molecule has 0 atom stereocenters. The van der Waals surface area contributed by atoms with Gasteiger partial charge >= 0.3 is 6.09 Å². The highest BCUT2D eigenvalue weighted by Gasteiger charge is 2.35. The molecule has 19 heavy (non-hydrogen) atoms. The molecule has 0 N–H and O–H groups in total. The van der Waals surface area contributed by atoms with Crippen molar-refractivity contribution in [3.8, 4) is 5.75 Å². The zero-order valence-electron chi connectivity index (χ0n) is 11.5. The van der Waals surface area contributed by atoms with E-state index in [9.17, 15) is 9.59 Å². The first-order chi connectivity index (χ1) is 8.81. The summed E-state index contributed by atoms with van der Waals surface area (Å²) < 4.78 is 10.3. The summed E-state index contributed by atoms with van der Waals surface area (Å²) in [7, 11) is 1.56. The lowest BCUT2D eigenvalue weighted by Gasteiger charge is -2.23. The van der Waals surface area contributed by atoms with Crippen LogP contribution in [0.2, 0.25) is 0 Å². The van der Waals surface area contributed by atoms with Crippen LogP contribution < -0.4 is 9.64 Å². The molecule has 1 aromatic carbocycles. The SMILES string of the molecule is COc1ccc2c(c1)CC(=O)N2C(=O)OC(C)(C)C. The number of amides is 2. The van der Waals surface area contributed by atoms with Crippen LogP contribution in [0.4, 0.5) is 10.5 Å². The molecule has 1 aliphatic rings. The van der Waals surface area contributed by atoms with Crippen LogP contribution in [-0.2, 0) is 16.0 Å². The molecule has 1 aromatic rings. The fraction of sp³-hybridized carbons (Fsp3) is 0.429. The molecular formula is C14H17NO4. The third kappa shape index (κ3) is 2.70. The Balaban J connectivity index is 2.30. The van der Waals surface area contributed by atoms with Gasteiger partial charge in [-0.3, -0.25) is 4.79 Å². The van der Waals surface area contributed by atoms with E-state index in [0.29, 0.717) is 11.4 Å². The van der Waals surface area contributed by atoms with Gasteiger partial charge in [0.1, 0.15) is 11.4 Å². The number of imide groups is 1. The average molecular weight is 263 g/mol. The Hall–Kier alpha value is -2.04. The molecule has 0 saturated heterocycles. The summed E-state index contributed by atoms with van der Waals surface area (Å²) in [4.78, 5) is 25.1. The van der Waals surface area contributed by atoms with Crippen molar-refractivity contribution in [3.63, 3.8) is 0 Å². The van der Waals surface area contributed by atoms with Gasteiger partial charge in [-0.15, -0.1) is 0 Å². The van der Waals surface area contributed by atoms with Crippen molar-refractivity contribution in [2.75, 3.05) is 12.0 Å². The second-order valence-corrected chi connectivity index (χ2v) is 5.38. The molecule has 1 aliphatic heterocycles. The molecule has 0 fully saturated rings. The normalized spacial score (nSPS) is 14.3. The molecule has 2 amide bonds. The molecule has 102 valence electrons. The molecule has 2 rings (SSSR count). The molecule has 0 unspecified atom stereocenters. The number of methoxy groups -OCH3 is 1. The summed E-state index contributed by atoms with van der Waals surface area (Å²) in [5.41, 5.74) is 0.710. The van der Waals surface area contributed by atoms with Crippen LogP contribution in [0.25, 0.3) is 0 Å². The number of carbonyl (C=O) groups excluding carboxylic acids is 2. The van der Waals surface area contributed by atoms with Crippen molar-refractivity contribution >= 4 is 17.7 Å². The molecule has 5 heteroatoms. The van der Waals surface area contributed by atoms with E-state index in [1.54, 1.807) is 46.1 Å². The fourth-order valence-corrected chi connectivity index (χ4v) is 1.93. The van der Waals surface area contributed by atoms with Gasteiger partial charge in [-0.25, -0.2) is 9.69 Å². The van der Waals surface area contributed by atoms with Crippen molar-refractivity contribution in [1.29, 1.82) is 0 Å². The number of rotatable bonds is 1. The van der Waals surface area contributed by atoms with Gasteiger partial charge in [0, 0.05) is 0 Å². The number of carbonyl (C=O) groups is 2. The number of nitrogens with zero attached hydrogens (tertiary/aromatic N) is 1. The Bertz CT molecular complexity index is 531. The third-order valence-corrected chi connectivity index (χ3v) is 2.69. The number of hydrogen-bond donors (Lipinski definition) is 0. The van der Waals surface area contributed by atoms with Gasteiger partial charge in [-0.1, -0.05) is 0 Å². The van der Waals surface area contributed by atoms with Crippen LogP contribution >= 0.6 is 0 Å². The minimum atomic E-state index is -0.638. The first-order valence-corrected chi connectivity index (χ1v) is 6.04. The molecule has 0 saturated carbocycles. The standard InChI is InChI=1S/C14H17NO4/c1-14(2,3)19-13(17)15-11-6-5-10(18-4)7-9(11)8-12(15)16/h5-7H,8H2,1-4H3. The van der Waals surface area contributed by atoms with E-state index in [0.717, 1.165) is 10.5 Å². The summed E-state index contributed by atoms with van der Waals surface area (Å²) in [5.74, 6) is 0.384. The maximum atomic E-state index is 12.0. The van der Waals surface area contributed by atoms with E-state index in [1.807, 2.05) is 0 Å². The van der Waals surface area contributed by atoms with Crippen LogP contribution in [0.15, 0.2) is 18.2 Å². The number of benzene rings is 1. The maximum absolute atomic E-state index is 12.0. The Morgan fingerprint density at radius 1 is 1.32 bits per heavy atom. The molecule has 0 bridgehead atoms. The van der Waals surface area contributed by atoms with E-state index in [2.05, 4.69) is 0 Å². The van der Waals surface area contributed by atoms with Crippen LogP contribution in [0.3, 0.4) is 0 Å². The van der Waals surface area contributed by atoms with E-state index in [-0.39, 0.29) is 12.3 Å². The minimum Gasteiger partial charge on any atom is -0.497 e. The molecule has 0 spiro atoms. The van der Waals surface area contributed by atoms with Gasteiger partial charge in [-0.05, 0) is 44.5 Å². The van der Waals surface area contributed by atoms with Crippen molar-refractivity contribution in [2.45, 2.75) is 32.8 Å². The number of hydrogen-bond acceptors (Lipinski definition) is 4. The Morgan fingerprint density at radius 2 is 2.00 bits per heavy atom. The van der Waals surface area contributed by atoms with Gasteiger partial charge in [0.25, 0.3) is 0 Å². The maximum Gasteiger partial charge on any atom is 0.421 e. The molecule has 0 aromatic heterocycles. The highest BCUT2D eigenvalue weighted by Crippen LogP contribution is 2.33. The van der Waals surface area contributed by atoms with Crippen molar-refractivity contribution in [2.24, 2.45) is 0 Å². The third-order valence-electron chi connectivity index (χ3n) is 2.69. The Morgan fingerprint density at radius 3 is 2.58 bits per heavy atom. The fourth-order valence-electron chi connectivity index (χ4n) is 1.93. The number of fused-ring (bicyclic) bond motifs is 1. The lowest BCUT2D eigenvalue weighted by atomic mass is 10.1. The second-order valence-electron chi connectivity index (χ2n) is 5.38. The Kier molecular flexibility index (Phi) is 3.22. The van der Waals surface area contributed by atoms with E-state index < -0.39 is 11.7 Å². The Labute approximate surface area is 112 Å². The highest BCUT2D eigenvalue weighted by molar-refractivity contribution is 6.17. The molecule has 5 nitrogen and oxygen atoms in total.